The van der Waals surface area contributed by atoms with Crippen molar-refractivity contribution in [2.75, 3.05) is 50.8 Å². The third-order valence-electron chi connectivity index (χ3n) is 4.51. The van der Waals surface area contributed by atoms with Gasteiger partial charge >= 0.3 is 0 Å². The number of halogens is 1. The minimum atomic E-state index is -0.0987. The third-order valence-corrected chi connectivity index (χ3v) is 5.79. The number of carbonyl (C=O) groups excluding carboxylic acids is 2. The molecule has 1 aromatic rings. The normalized spacial score (nSPS) is 19.1. The van der Waals surface area contributed by atoms with E-state index >= 15 is 0 Å². The van der Waals surface area contributed by atoms with E-state index in [1.165, 1.54) is 0 Å². The van der Waals surface area contributed by atoms with E-state index in [0.29, 0.717) is 62.9 Å². The molecule has 3 heterocycles. The van der Waals surface area contributed by atoms with Crippen LogP contribution in [-0.2, 0) is 14.3 Å². The molecule has 1 aromatic heterocycles. The average Bonchev–Trinajstić information content (AvgIpc) is 3.07. The maximum absolute atomic E-state index is 12.9. The molecule has 8 nitrogen and oxygen atoms in total. The SMILES string of the molecule is N#Cc1c(Cl)nsc1N1CCNC(=O)CCN(C(=O)C2=CCOCC2)CC1. The Balaban J connectivity index is 1.79. The molecule has 3 rings (SSSR count). The van der Waals surface area contributed by atoms with Crippen LogP contribution in [-0.4, -0.2) is 67.0 Å². The molecule has 2 amide bonds. The highest BCUT2D eigenvalue weighted by molar-refractivity contribution is 7.10. The Hall–Kier alpha value is -2.15. The first-order valence-electron chi connectivity index (χ1n) is 8.73. The van der Waals surface area contributed by atoms with E-state index in [9.17, 15) is 14.9 Å². The number of hydrogen-bond donors (Lipinski definition) is 1. The van der Waals surface area contributed by atoms with Crippen molar-refractivity contribution < 1.29 is 14.3 Å². The lowest BCUT2D eigenvalue weighted by Crippen LogP contribution is -2.45. The number of rotatable bonds is 2. The Labute approximate surface area is 166 Å². The molecule has 0 unspecified atom stereocenters. The van der Waals surface area contributed by atoms with Gasteiger partial charge in [0.15, 0.2) is 5.15 Å². The molecule has 0 saturated carbocycles. The number of amides is 2. The van der Waals surface area contributed by atoms with Gasteiger partial charge in [-0.25, -0.2) is 0 Å². The lowest BCUT2D eigenvalue weighted by molar-refractivity contribution is -0.128. The summed E-state index contributed by atoms with van der Waals surface area (Å²) in [7, 11) is 0. The second kappa shape index (κ2) is 9.17. The largest absolute Gasteiger partial charge is 0.377 e. The molecular formula is C17H20ClN5O3S. The highest BCUT2D eigenvalue weighted by Crippen LogP contribution is 2.31. The monoisotopic (exact) mass is 409 g/mol. The molecule has 27 heavy (non-hydrogen) atoms. The van der Waals surface area contributed by atoms with Crippen molar-refractivity contribution in [1.29, 1.82) is 5.26 Å². The first-order valence-corrected chi connectivity index (χ1v) is 9.88. The lowest BCUT2D eigenvalue weighted by Gasteiger charge is -2.31. The van der Waals surface area contributed by atoms with Gasteiger partial charge in [-0.2, -0.15) is 9.64 Å². The Kier molecular flexibility index (Phi) is 6.66. The fourth-order valence-corrected chi connectivity index (χ4v) is 4.10. The van der Waals surface area contributed by atoms with Gasteiger partial charge < -0.3 is 19.9 Å². The van der Waals surface area contributed by atoms with Crippen molar-refractivity contribution in [3.63, 3.8) is 0 Å². The minimum absolute atomic E-state index is 0.0607. The van der Waals surface area contributed by atoms with E-state index in [2.05, 4.69) is 15.8 Å². The van der Waals surface area contributed by atoms with E-state index in [0.717, 1.165) is 17.1 Å². The van der Waals surface area contributed by atoms with Crippen molar-refractivity contribution >= 4 is 39.9 Å². The highest BCUT2D eigenvalue weighted by atomic mass is 35.5. The molecule has 0 bridgehead atoms. The average molecular weight is 410 g/mol. The maximum atomic E-state index is 12.9. The predicted octanol–water partition coefficient (Wildman–Crippen LogP) is 1.17. The molecule has 0 aromatic carbocycles. The zero-order chi connectivity index (χ0) is 19.2. The summed E-state index contributed by atoms with van der Waals surface area (Å²) in [5.74, 6) is -0.159. The number of ether oxygens (including phenoxy) is 1. The number of nitriles is 1. The lowest BCUT2D eigenvalue weighted by atomic mass is 10.1. The van der Waals surface area contributed by atoms with Crippen LogP contribution in [0, 0.1) is 11.3 Å². The molecular weight excluding hydrogens is 390 g/mol. The summed E-state index contributed by atoms with van der Waals surface area (Å²) in [5.41, 5.74) is 1.05. The van der Waals surface area contributed by atoms with Crippen molar-refractivity contribution in [1.82, 2.24) is 14.6 Å². The number of nitrogens with one attached hydrogen (secondary N) is 1. The van der Waals surface area contributed by atoms with Gasteiger partial charge in [-0.15, -0.1) is 0 Å². The summed E-state index contributed by atoms with van der Waals surface area (Å²) in [6, 6.07) is 2.08. The second-order valence-electron chi connectivity index (χ2n) is 6.20. The Morgan fingerprint density at radius 2 is 2.19 bits per heavy atom. The molecule has 0 radical (unpaired) electrons. The number of carbonyl (C=O) groups is 2. The topological polar surface area (TPSA) is 98.6 Å². The number of anilines is 1. The molecule has 2 aliphatic heterocycles. The van der Waals surface area contributed by atoms with Crippen molar-refractivity contribution in [3.8, 4) is 6.07 Å². The van der Waals surface area contributed by atoms with Crippen LogP contribution in [0.5, 0.6) is 0 Å². The fraction of sp³-hybridized carbons (Fsp3) is 0.529. The Morgan fingerprint density at radius 1 is 1.33 bits per heavy atom. The van der Waals surface area contributed by atoms with E-state index in [-0.39, 0.29) is 23.4 Å². The van der Waals surface area contributed by atoms with Crippen LogP contribution in [0.3, 0.4) is 0 Å². The van der Waals surface area contributed by atoms with Gasteiger partial charge in [0.2, 0.25) is 11.8 Å². The molecule has 1 saturated heterocycles. The summed E-state index contributed by atoms with van der Waals surface area (Å²) >= 11 is 7.15. The van der Waals surface area contributed by atoms with Crippen LogP contribution >= 0.6 is 23.1 Å². The number of aromatic nitrogens is 1. The summed E-state index contributed by atoms with van der Waals surface area (Å²) in [4.78, 5) is 28.5. The summed E-state index contributed by atoms with van der Waals surface area (Å²) in [5, 5.41) is 13.0. The van der Waals surface area contributed by atoms with E-state index in [4.69, 9.17) is 16.3 Å². The van der Waals surface area contributed by atoms with Crippen LogP contribution in [0.25, 0.3) is 0 Å². The van der Waals surface area contributed by atoms with Gasteiger partial charge in [-0.05, 0) is 11.5 Å². The van der Waals surface area contributed by atoms with Gasteiger partial charge in [-0.1, -0.05) is 17.7 Å². The molecule has 1 N–H and O–H groups in total. The van der Waals surface area contributed by atoms with E-state index in [1.807, 2.05) is 4.90 Å². The van der Waals surface area contributed by atoms with Gasteiger partial charge in [-0.3, -0.25) is 9.59 Å². The molecule has 0 atom stereocenters. The second-order valence-corrected chi connectivity index (χ2v) is 7.31. The summed E-state index contributed by atoms with van der Waals surface area (Å²) < 4.78 is 9.32. The zero-order valence-corrected chi connectivity index (χ0v) is 16.3. The number of hydrogen-bond acceptors (Lipinski definition) is 7. The first kappa shape index (κ1) is 19.6. The van der Waals surface area contributed by atoms with Crippen LogP contribution in [0.4, 0.5) is 5.00 Å². The molecule has 2 aliphatic rings. The molecule has 1 fully saturated rings. The fourth-order valence-electron chi connectivity index (χ4n) is 3.02. The quantitative estimate of drug-likeness (QED) is 0.787. The van der Waals surface area contributed by atoms with E-state index < -0.39 is 0 Å². The smallest absolute Gasteiger partial charge is 0.249 e. The van der Waals surface area contributed by atoms with E-state index in [1.54, 1.807) is 11.0 Å². The minimum Gasteiger partial charge on any atom is -0.377 e. The van der Waals surface area contributed by atoms with Gasteiger partial charge in [0, 0.05) is 51.1 Å². The maximum Gasteiger partial charge on any atom is 0.249 e. The first-order chi connectivity index (χ1) is 13.1. The Morgan fingerprint density at radius 3 is 2.93 bits per heavy atom. The molecule has 144 valence electrons. The summed E-state index contributed by atoms with van der Waals surface area (Å²) in [6.45, 7) is 3.26. The van der Waals surface area contributed by atoms with Crippen molar-refractivity contribution in [2.45, 2.75) is 12.8 Å². The highest BCUT2D eigenvalue weighted by Gasteiger charge is 2.24. The number of nitrogens with zero attached hydrogens (tertiary/aromatic N) is 4. The van der Waals surface area contributed by atoms with Crippen molar-refractivity contribution in [2.24, 2.45) is 0 Å². The van der Waals surface area contributed by atoms with Gasteiger partial charge in [0.1, 0.15) is 16.6 Å². The predicted molar refractivity (Wildman–Crippen MR) is 102 cm³/mol. The van der Waals surface area contributed by atoms with Crippen LogP contribution in [0.1, 0.15) is 18.4 Å². The summed E-state index contributed by atoms with van der Waals surface area (Å²) in [6.07, 6.45) is 2.65. The van der Waals surface area contributed by atoms with Crippen LogP contribution in [0.15, 0.2) is 11.6 Å². The van der Waals surface area contributed by atoms with Gasteiger partial charge in [0.25, 0.3) is 0 Å². The van der Waals surface area contributed by atoms with Crippen molar-refractivity contribution in [3.05, 3.63) is 22.4 Å². The third kappa shape index (κ3) is 4.77. The van der Waals surface area contributed by atoms with Gasteiger partial charge in [0.05, 0.1) is 13.2 Å². The Bertz CT molecular complexity index is 788. The van der Waals surface area contributed by atoms with Crippen LogP contribution in [0.2, 0.25) is 5.15 Å². The van der Waals surface area contributed by atoms with Crippen LogP contribution < -0.4 is 10.2 Å². The standard InChI is InChI=1S/C17H20ClN5O3S/c18-15-13(11-19)17(27-21-15)23-6-4-20-14(24)1-5-22(7-8-23)16(25)12-2-9-26-10-3-12/h2H,1,3-10H2,(H,20,24). The molecule has 0 spiro atoms. The molecule has 0 aliphatic carbocycles. The molecule has 10 heteroatoms. The zero-order valence-electron chi connectivity index (χ0n) is 14.7.